The van der Waals surface area contributed by atoms with E-state index in [4.69, 9.17) is 4.74 Å². The van der Waals surface area contributed by atoms with E-state index in [1.807, 2.05) is 12.1 Å². The second kappa shape index (κ2) is 8.68. The number of nitrogens with zero attached hydrogens (tertiary/aromatic N) is 1. The van der Waals surface area contributed by atoms with Gasteiger partial charge < -0.3 is 10.1 Å². The summed E-state index contributed by atoms with van der Waals surface area (Å²) in [6, 6.07) is 17.0. The highest BCUT2D eigenvalue weighted by Crippen LogP contribution is 2.36. The first kappa shape index (κ1) is 18.2. The number of benzene rings is 2. The summed E-state index contributed by atoms with van der Waals surface area (Å²) < 4.78 is 5.72. The highest BCUT2D eigenvalue weighted by atomic mass is 16.5. The van der Waals surface area contributed by atoms with Crippen LogP contribution >= 0.6 is 0 Å². The van der Waals surface area contributed by atoms with Crippen LogP contribution in [0.25, 0.3) is 0 Å². The lowest BCUT2D eigenvalue weighted by Gasteiger charge is -2.37. The zero-order valence-corrected chi connectivity index (χ0v) is 15.3. The van der Waals surface area contributed by atoms with E-state index >= 15 is 0 Å². The molecule has 1 aliphatic heterocycles. The number of amides is 1. The maximum Gasteiger partial charge on any atom is 0.258 e. The van der Waals surface area contributed by atoms with Gasteiger partial charge in [-0.3, -0.25) is 9.69 Å². The van der Waals surface area contributed by atoms with Crippen LogP contribution in [0, 0.1) is 0 Å². The van der Waals surface area contributed by atoms with Crippen molar-refractivity contribution in [2.45, 2.75) is 19.4 Å². The number of ether oxygens (including phenoxy) is 1. The Bertz CT molecular complexity index is 758. The number of carbonyl (C=O) groups is 1. The summed E-state index contributed by atoms with van der Waals surface area (Å²) in [5.41, 5.74) is 3.91. The minimum Gasteiger partial charge on any atom is -0.484 e. The molecule has 0 aromatic heterocycles. The maximum absolute atomic E-state index is 11.8. The first-order valence-corrected chi connectivity index (χ1v) is 9.15. The van der Waals surface area contributed by atoms with Crippen LogP contribution in [-0.4, -0.2) is 37.0 Å². The summed E-state index contributed by atoms with van der Waals surface area (Å²) in [4.78, 5) is 14.2. The third-order valence-corrected chi connectivity index (χ3v) is 4.78. The number of likely N-dealkylation sites (N-methyl/N-ethyl adjacent to an activating group) is 1. The van der Waals surface area contributed by atoms with E-state index in [1.54, 1.807) is 6.08 Å². The van der Waals surface area contributed by atoms with E-state index in [0.29, 0.717) is 6.54 Å². The van der Waals surface area contributed by atoms with Crippen molar-refractivity contribution < 1.29 is 9.53 Å². The second-order valence-electron chi connectivity index (χ2n) is 6.43. The van der Waals surface area contributed by atoms with Crippen molar-refractivity contribution in [3.05, 3.63) is 77.9 Å². The molecule has 0 spiro atoms. The van der Waals surface area contributed by atoms with Gasteiger partial charge in [-0.05, 0) is 41.8 Å². The van der Waals surface area contributed by atoms with Gasteiger partial charge in [-0.25, -0.2) is 0 Å². The van der Waals surface area contributed by atoms with Gasteiger partial charge in [-0.2, -0.15) is 0 Å². The molecule has 4 heteroatoms. The van der Waals surface area contributed by atoms with E-state index < -0.39 is 0 Å². The molecule has 0 bridgehead atoms. The molecule has 0 aliphatic carbocycles. The third-order valence-electron chi connectivity index (χ3n) is 4.78. The minimum absolute atomic E-state index is 0.0140. The first-order chi connectivity index (χ1) is 12.7. The van der Waals surface area contributed by atoms with Crippen LogP contribution in [0.1, 0.15) is 29.7 Å². The summed E-state index contributed by atoms with van der Waals surface area (Å²) in [6.07, 6.45) is 2.69. The Labute approximate surface area is 155 Å². The molecule has 4 nitrogen and oxygen atoms in total. The molecular weight excluding hydrogens is 324 g/mol. The Morgan fingerprint density at radius 1 is 1.31 bits per heavy atom. The van der Waals surface area contributed by atoms with Crippen molar-refractivity contribution in [1.29, 1.82) is 0 Å². The summed E-state index contributed by atoms with van der Waals surface area (Å²) in [5, 5.41) is 2.73. The van der Waals surface area contributed by atoms with Crippen molar-refractivity contribution in [2.75, 3.05) is 26.2 Å². The molecule has 2 aromatic rings. The molecule has 1 N–H and O–H groups in total. The molecule has 0 saturated carbocycles. The van der Waals surface area contributed by atoms with Gasteiger partial charge in [0, 0.05) is 13.1 Å². The number of fused-ring (bicyclic) bond motifs is 1. The van der Waals surface area contributed by atoms with Gasteiger partial charge in [0.15, 0.2) is 6.61 Å². The van der Waals surface area contributed by atoms with Crippen LogP contribution < -0.4 is 10.1 Å². The number of hydrogen-bond acceptors (Lipinski definition) is 3. The highest BCUT2D eigenvalue weighted by molar-refractivity contribution is 5.77. The van der Waals surface area contributed by atoms with Gasteiger partial charge in [0.1, 0.15) is 5.75 Å². The zero-order valence-electron chi connectivity index (χ0n) is 15.3. The normalized spacial score (nSPS) is 16.6. The van der Waals surface area contributed by atoms with Gasteiger partial charge in [0.05, 0.1) is 6.04 Å². The Morgan fingerprint density at radius 2 is 2.12 bits per heavy atom. The molecule has 26 heavy (non-hydrogen) atoms. The lowest BCUT2D eigenvalue weighted by atomic mass is 9.88. The van der Waals surface area contributed by atoms with Gasteiger partial charge in [0.25, 0.3) is 5.91 Å². The molecule has 0 unspecified atom stereocenters. The molecule has 1 heterocycles. The Hall–Kier alpha value is -2.59. The number of rotatable bonds is 7. The fraction of sp³-hybridized carbons (Fsp3) is 0.318. The van der Waals surface area contributed by atoms with Gasteiger partial charge in [-0.15, -0.1) is 6.58 Å². The number of nitrogens with one attached hydrogen (secondary N) is 1. The molecule has 3 rings (SSSR count). The molecule has 0 fully saturated rings. The summed E-state index contributed by atoms with van der Waals surface area (Å²) in [5.74, 6) is 0.591. The van der Waals surface area contributed by atoms with E-state index in [1.165, 1.54) is 16.7 Å². The van der Waals surface area contributed by atoms with Crippen molar-refractivity contribution >= 4 is 5.91 Å². The van der Waals surface area contributed by atoms with Crippen LogP contribution in [0.3, 0.4) is 0 Å². The van der Waals surface area contributed by atoms with Gasteiger partial charge in [0.2, 0.25) is 0 Å². The summed E-state index contributed by atoms with van der Waals surface area (Å²) in [7, 11) is 0. The molecule has 0 saturated heterocycles. The molecule has 1 aliphatic rings. The topological polar surface area (TPSA) is 41.6 Å². The van der Waals surface area contributed by atoms with E-state index in [-0.39, 0.29) is 18.6 Å². The molecule has 2 aromatic carbocycles. The predicted molar refractivity (Wildman–Crippen MR) is 104 cm³/mol. The number of hydrogen-bond donors (Lipinski definition) is 1. The van der Waals surface area contributed by atoms with E-state index in [0.717, 1.165) is 25.3 Å². The van der Waals surface area contributed by atoms with Gasteiger partial charge in [-0.1, -0.05) is 49.4 Å². The van der Waals surface area contributed by atoms with Crippen LogP contribution in [0.2, 0.25) is 0 Å². The van der Waals surface area contributed by atoms with Crippen molar-refractivity contribution in [2.24, 2.45) is 0 Å². The average Bonchev–Trinajstić information content (AvgIpc) is 2.70. The first-order valence-electron chi connectivity index (χ1n) is 9.15. The predicted octanol–water partition coefficient (Wildman–Crippen LogP) is 3.34. The van der Waals surface area contributed by atoms with Gasteiger partial charge >= 0.3 is 0 Å². The largest absolute Gasteiger partial charge is 0.484 e. The summed E-state index contributed by atoms with van der Waals surface area (Å²) in [6.45, 7) is 8.30. The molecular formula is C22H26N2O2. The monoisotopic (exact) mass is 350 g/mol. The average molecular weight is 350 g/mol. The van der Waals surface area contributed by atoms with Crippen molar-refractivity contribution in [3.8, 4) is 5.75 Å². The van der Waals surface area contributed by atoms with Crippen LogP contribution in [-0.2, 0) is 11.2 Å². The maximum atomic E-state index is 11.8. The Kier molecular flexibility index (Phi) is 6.08. The SMILES string of the molecule is C=CCNC(=O)COc1ccc2c(c1)[C@@H](c1ccccc1)N(CC)CC2. The minimum atomic E-state index is -0.141. The van der Waals surface area contributed by atoms with Crippen molar-refractivity contribution in [3.63, 3.8) is 0 Å². The third kappa shape index (κ3) is 4.14. The van der Waals surface area contributed by atoms with Crippen LogP contribution in [0.5, 0.6) is 5.75 Å². The highest BCUT2D eigenvalue weighted by Gasteiger charge is 2.28. The standard InChI is InChI=1S/C22H26N2O2/c1-3-13-23-21(25)16-26-19-11-10-17-12-14-24(4-2)22(20(17)15-19)18-8-6-5-7-9-18/h3,5-11,15,22H,1,4,12-14,16H2,2H3,(H,23,25)/t22-/m1/s1. The summed E-state index contributed by atoms with van der Waals surface area (Å²) >= 11 is 0. The number of carbonyl (C=O) groups excluding carboxylic acids is 1. The Balaban J connectivity index is 1.83. The molecule has 0 radical (unpaired) electrons. The fourth-order valence-corrected chi connectivity index (χ4v) is 3.49. The quantitative estimate of drug-likeness (QED) is 0.779. The molecule has 1 atom stereocenters. The van der Waals surface area contributed by atoms with Crippen LogP contribution in [0.15, 0.2) is 61.2 Å². The van der Waals surface area contributed by atoms with Crippen LogP contribution in [0.4, 0.5) is 0 Å². The zero-order chi connectivity index (χ0) is 18.4. The fourth-order valence-electron chi connectivity index (χ4n) is 3.49. The lowest BCUT2D eigenvalue weighted by Crippen LogP contribution is -2.36. The van der Waals surface area contributed by atoms with E-state index in [9.17, 15) is 4.79 Å². The Morgan fingerprint density at radius 3 is 2.85 bits per heavy atom. The molecule has 136 valence electrons. The van der Waals surface area contributed by atoms with E-state index in [2.05, 4.69) is 60.1 Å². The van der Waals surface area contributed by atoms with Crippen molar-refractivity contribution in [1.82, 2.24) is 10.2 Å². The molecule has 1 amide bonds. The second-order valence-corrected chi connectivity index (χ2v) is 6.43. The lowest BCUT2D eigenvalue weighted by molar-refractivity contribution is -0.122. The smallest absolute Gasteiger partial charge is 0.258 e.